The van der Waals surface area contributed by atoms with Gasteiger partial charge in [-0.05, 0) is 31.7 Å². The smallest absolute Gasteiger partial charge is 0.167 e. The zero-order valence-corrected chi connectivity index (χ0v) is 14.6. The molecule has 0 aliphatic carbocycles. The monoisotopic (exact) mass is 313 g/mol. The van der Waals surface area contributed by atoms with Crippen LogP contribution >= 0.6 is 0 Å². The van der Waals surface area contributed by atoms with Gasteiger partial charge in [0.05, 0.1) is 7.11 Å². The van der Waals surface area contributed by atoms with Crippen LogP contribution < -0.4 is 4.74 Å². The molecule has 0 aliphatic rings. The third kappa shape index (κ3) is 6.25. The SMILES string of the molecule is C=C/C=C\C(=C/C)CN(C)CC(C)C(=O)c1cccc(OC)c1. The van der Waals surface area contributed by atoms with Crippen molar-refractivity contribution in [3.8, 4) is 5.75 Å². The van der Waals surface area contributed by atoms with Gasteiger partial charge in [0.15, 0.2) is 5.78 Å². The van der Waals surface area contributed by atoms with Crippen LogP contribution in [0.5, 0.6) is 5.75 Å². The first-order chi connectivity index (χ1) is 11.0. The standard InChI is InChI=1S/C20H27NO2/c1-6-8-10-17(7-2)15-21(4)14-16(3)20(22)18-11-9-12-19(13-18)23-5/h6-13,16H,1,14-15H2,2-5H3/b10-8-,17-7+. The molecule has 1 aromatic rings. The first-order valence-electron chi connectivity index (χ1n) is 7.82. The Labute approximate surface area is 140 Å². The van der Waals surface area contributed by atoms with Gasteiger partial charge >= 0.3 is 0 Å². The third-order valence-electron chi connectivity index (χ3n) is 3.66. The summed E-state index contributed by atoms with van der Waals surface area (Å²) in [6, 6.07) is 7.33. The molecule has 1 aromatic carbocycles. The molecule has 124 valence electrons. The van der Waals surface area contributed by atoms with E-state index in [0.717, 1.165) is 6.54 Å². The summed E-state index contributed by atoms with van der Waals surface area (Å²) in [4.78, 5) is 14.7. The average molecular weight is 313 g/mol. The topological polar surface area (TPSA) is 29.5 Å². The number of nitrogens with zero attached hydrogens (tertiary/aromatic N) is 1. The third-order valence-corrected chi connectivity index (χ3v) is 3.66. The highest BCUT2D eigenvalue weighted by Crippen LogP contribution is 2.17. The number of benzene rings is 1. The van der Waals surface area contributed by atoms with Gasteiger partial charge in [-0.2, -0.15) is 0 Å². The normalized spacial score (nSPS) is 13.3. The second kappa shape index (κ2) is 9.80. The summed E-state index contributed by atoms with van der Waals surface area (Å²) in [7, 11) is 3.64. The summed E-state index contributed by atoms with van der Waals surface area (Å²) in [5.41, 5.74) is 1.90. The Balaban J connectivity index is 2.66. The van der Waals surface area contributed by atoms with E-state index in [-0.39, 0.29) is 11.7 Å². The fourth-order valence-corrected chi connectivity index (χ4v) is 2.42. The summed E-state index contributed by atoms with van der Waals surface area (Å²) in [6.07, 6.45) is 7.80. The lowest BCUT2D eigenvalue weighted by Gasteiger charge is -2.21. The van der Waals surface area contributed by atoms with Crippen molar-refractivity contribution < 1.29 is 9.53 Å². The number of hydrogen-bond acceptors (Lipinski definition) is 3. The molecule has 1 atom stereocenters. The number of allylic oxidation sites excluding steroid dienone is 3. The van der Waals surface area contributed by atoms with Crippen molar-refractivity contribution in [2.24, 2.45) is 5.92 Å². The Kier molecular flexibility index (Phi) is 8.06. The van der Waals surface area contributed by atoms with Crippen molar-refractivity contribution in [3.63, 3.8) is 0 Å². The first-order valence-corrected chi connectivity index (χ1v) is 7.82. The van der Waals surface area contributed by atoms with Crippen molar-refractivity contribution >= 4 is 5.78 Å². The number of carbonyl (C=O) groups is 1. The van der Waals surface area contributed by atoms with Crippen LogP contribution in [0.25, 0.3) is 0 Å². The lowest BCUT2D eigenvalue weighted by Crippen LogP contribution is -2.30. The molecule has 0 saturated heterocycles. The van der Waals surface area contributed by atoms with Gasteiger partial charge in [0.2, 0.25) is 0 Å². The summed E-state index contributed by atoms with van der Waals surface area (Å²) in [6.45, 7) is 9.17. The van der Waals surface area contributed by atoms with Gasteiger partial charge in [-0.1, -0.05) is 49.9 Å². The van der Waals surface area contributed by atoms with Crippen molar-refractivity contribution in [2.75, 3.05) is 27.2 Å². The Morgan fingerprint density at radius 2 is 2.17 bits per heavy atom. The van der Waals surface area contributed by atoms with E-state index >= 15 is 0 Å². The van der Waals surface area contributed by atoms with Crippen LogP contribution in [-0.2, 0) is 0 Å². The van der Waals surface area contributed by atoms with Crippen molar-refractivity contribution in [1.29, 1.82) is 0 Å². The van der Waals surface area contributed by atoms with Crippen LogP contribution in [0.1, 0.15) is 24.2 Å². The van der Waals surface area contributed by atoms with Crippen LogP contribution in [-0.4, -0.2) is 37.9 Å². The van der Waals surface area contributed by atoms with E-state index in [2.05, 4.69) is 17.6 Å². The van der Waals surface area contributed by atoms with Crippen LogP contribution in [0, 0.1) is 5.92 Å². The fraction of sp³-hybridized carbons (Fsp3) is 0.350. The number of ketones is 1. The van der Waals surface area contributed by atoms with Gasteiger partial charge in [-0.3, -0.25) is 4.79 Å². The molecule has 1 unspecified atom stereocenters. The molecule has 1 rings (SSSR count). The predicted molar refractivity (Wildman–Crippen MR) is 97.1 cm³/mol. The molecule has 0 aliphatic heterocycles. The number of carbonyl (C=O) groups excluding carboxylic acids is 1. The van der Waals surface area contributed by atoms with Crippen molar-refractivity contribution in [1.82, 2.24) is 4.90 Å². The molecule has 23 heavy (non-hydrogen) atoms. The Morgan fingerprint density at radius 3 is 2.78 bits per heavy atom. The second-order valence-corrected chi connectivity index (χ2v) is 5.65. The zero-order chi connectivity index (χ0) is 17.2. The Bertz CT molecular complexity index is 587. The Morgan fingerprint density at radius 1 is 1.43 bits per heavy atom. The number of methoxy groups -OCH3 is 1. The van der Waals surface area contributed by atoms with Gasteiger partial charge < -0.3 is 9.64 Å². The lowest BCUT2D eigenvalue weighted by molar-refractivity contribution is 0.0905. The quantitative estimate of drug-likeness (QED) is 0.507. The molecule has 3 nitrogen and oxygen atoms in total. The number of likely N-dealkylation sites (N-methyl/N-ethyl adjacent to an activating group) is 1. The maximum Gasteiger partial charge on any atom is 0.167 e. The van der Waals surface area contributed by atoms with Crippen LogP contribution in [0.3, 0.4) is 0 Å². The number of ether oxygens (including phenoxy) is 1. The molecule has 0 fully saturated rings. The van der Waals surface area contributed by atoms with Gasteiger partial charge in [0.25, 0.3) is 0 Å². The summed E-state index contributed by atoms with van der Waals surface area (Å²) in [5.74, 6) is 0.773. The van der Waals surface area contributed by atoms with Gasteiger partial charge in [0, 0.05) is 24.6 Å². The highest BCUT2D eigenvalue weighted by molar-refractivity contribution is 5.98. The fourth-order valence-electron chi connectivity index (χ4n) is 2.42. The summed E-state index contributed by atoms with van der Waals surface area (Å²) >= 11 is 0. The maximum atomic E-state index is 12.6. The summed E-state index contributed by atoms with van der Waals surface area (Å²) in [5, 5.41) is 0. The van der Waals surface area contributed by atoms with E-state index in [0.29, 0.717) is 17.9 Å². The minimum atomic E-state index is -0.0754. The molecular weight excluding hydrogens is 286 g/mol. The van der Waals surface area contributed by atoms with Crippen molar-refractivity contribution in [3.05, 3.63) is 66.3 Å². The highest BCUT2D eigenvalue weighted by Gasteiger charge is 2.17. The Hall–Kier alpha value is -2.13. The summed E-state index contributed by atoms with van der Waals surface area (Å²) < 4.78 is 5.18. The number of Topliss-reactive ketones (excluding diaryl/α,β-unsaturated/α-hetero) is 1. The van der Waals surface area contributed by atoms with Crippen LogP contribution in [0.4, 0.5) is 0 Å². The van der Waals surface area contributed by atoms with E-state index in [4.69, 9.17) is 4.74 Å². The largest absolute Gasteiger partial charge is 0.497 e. The molecule has 0 saturated carbocycles. The molecule has 0 spiro atoms. The molecule has 0 radical (unpaired) electrons. The molecule has 0 amide bonds. The zero-order valence-electron chi connectivity index (χ0n) is 14.6. The average Bonchev–Trinajstić information content (AvgIpc) is 2.57. The van der Waals surface area contributed by atoms with E-state index in [1.807, 2.05) is 51.2 Å². The molecule has 0 heterocycles. The number of hydrogen-bond donors (Lipinski definition) is 0. The minimum Gasteiger partial charge on any atom is -0.497 e. The molecular formula is C20H27NO2. The number of rotatable bonds is 9. The molecule has 0 aromatic heterocycles. The van der Waals surface area contributed by atoms with E-state index in [1.54, 1.807) is 19.3 Å². The predicted octanol–water partition coefficient (Wildman–Crippen LogP) is 4.13. The molecule has 3 heteroatoms. The van der Waals surface area contributed by atoms with Crippen LogP contribution in [0.15, 0.2) is 60.7 Å². The van der Waals surface area contributed by atoms with Crippen molar-refractivity contribution in [2.45, 2.75) is 13.8 Å². The highest BCUT2D eigenvalue weighted by atomic mass is 16.5. The van der Waals surface area contributed by atoms with E-state index < -0.39 is 0 Å². The van der Waals surface area contributed by atoms with Crippen LogP contribution in [0.2, 0.25) is 0 Å². The van der Waals surface area contributed by atoms with Gasteiger partial charge in [-0.15, -0.1) is 0 Å². The lowest BCUT2D eigenvalue weighted by atomic mass is 9.98. The maximum absolute atomic E-state index is 12.6. The first kappa shape index (κ1) is 18.9. The molecule has 0 bridgehead atoms. The van der Waals surface area contributed by atoms with E-state index in [1.165, 1.54) is 5.57 Å². The minimum absolute atomic E-state index is 0.0754. The van der Waals surface area contributed by atoms with E-state index in [9.17, 15) is 4.79 Å². The van der Waals surface area contributed by atoms with Gasteiger partial charge in [0.1, 0.15) is 5.75 Å². The molecule has 0 N–H and O–H groups in total. The second-order valence-electron chi connectivity index (χ2n) is 5.65. The van der Waals surface area contributed by atoms with Gasteiger partial charge in [-0.25, -0.2) is 0 Å².